The number of ketones is 1. The number of rotatable bonds is 1. The molecular weight excluding hydrogens is 196 g/mol. The van der Waals surface area contributed by atoms with Gasteiger partial charge in [-0.15, -0.1) is 0 Å². The van der Waals surface area contributed by atoms with Crippen LogP contribution in [0.3, 0.4) is 0 Å². The van der Waals surface area contributed by atoms with Gasteiger partial charge in [0, 0.05) is 13.3 Å². The molecule has 0 spiro atoms. The van der Waals surface area contributed by atoms with E-state index in [-0.39, 0.29) is 5.78 Å². The molecule has 15 heavy (non-hydrogen) atoms. The monoisotopic (exact) mass is 206 g/mol. The number of hydrogen-bond acceptors (Lipinski definition) is 4. The number of esters is 1. The van der Waals surface area contributed by atoms with E-state index in [0.29, 0.717) is 30.1 Å². The number of benzene rings is 1. The second-order valence-corrected chi connectivity index (χ2v) is 3.25. The second kappa shape index (κ2) is 3.73. The quantitative estimate of drug-likeness (QED) is 0.517. The molecule has 4 heteroatoms. The molecule has 0 saturated heterocycles. The van der Waals surface area contributed by atoms with Crippen LogP contribution in [0.5, 0.6) is 11.5 Å². The standard InChI is InChI=1S/C11H10O4/c1-7(12)15-10-4-2-3-8-9(13)5-6-14-11(8)10/h2-4H,5-6H2,1H3. The maximum atomic E-state index is 11.5. The molecular formula is C11H10O4. The minimum Gasteiger partial charge on any atom is -0.488 e. The summed E-state index contributed by atoms with van der Waals surface area (Å²) in [6.45, 7) is 1.65. The van der Waals surface area contributed by atoms with E-state index in [1.54, 1.807) is 18.2 Å². The summed E-state index contributed by atoms with van der Waals surface area (Å²) in [5.74, 6) is 0.285. The van der Waals surface area contributed by atoms with Gasteiger partial charge in [0.25, 0.3) is 0 Å². The van der Waals surface area contributed by atoms with Crippen molar-refractivity contribution >= 4 is 11.8 Å². The number of fused-ring (bicyclic) bond motifs is 1. The summed E-state index contributed by atoms with van der Waals surface area (Å²) < 4.78 is 10.3. The van der Waals surface area contributed by atoms with Crippen LogP contribution in [0.2, 0.25) is 0 Å². The third-order valence-electron chi connectivity index (χ3n) is 2.11. The SMILES string of the molecule is CC(=O)Oc1cccc2c1OCCC2=O. The largest absolute Gasteiger partial charge is 0.488 e. The number of carbonyl (C=O) groups excluding carboxylic acids is 2. The summed E-state index contributed by atoms with van der Waals surface area (Å²) in [5.41, 5.74) is 0.486. The highest BCUT2D eigenvalue weighted by Gasteiger charge is 2.22. The van der Waals surface area contributed by atoms with E-state index in [4.69, 9.17) is 9.47 Å². The van der Waals surface area contributed by atoms with Crippen molar-refractivity contribution in [2.75, 3.05) is 6.61 Å². The van der Waals surface area contributed by atoms with Crippen molar-refractivity contribution in [2.45, 2.75) is 13.3 Å². The van der Waals surface area contributed by atoms with E-state index < -0.39 is 5.97 Å². The van der Waals surface area contributed by atoms with E-state index in [0.717, 1.165) is 0 Å². The lowest BCUT2D eigenvalue weighted by Gasteiger charge is -2.18. The Balaban J connectivity index is 2.44. The third-order valence-corrected chi connectivity index (χ3v) is 2.11. The summed E-state index contributed by atoms with van der Waals surface area (Å²) in [5, 5.41) is 0. The fraction of sp³-hybridized carbons (Fsp3) is 0.273. The van der Waals surface area contributed by atoms with Gasteiger partial charge in [-0.2, -0.15) is 0 Å². The van der Waals surface area contributed by atoms with E-state index in [1.807, 2.05) is 0 Å². The van der Waals surface area contributed by atoms with Gasteiger partial charge in [0.15, 0.2) is 17.3 Å². The Morgan fingerprint density at radius 1 is 1.47 bits per heavy atom. The number of Topliss-reactive ketones (excluding diaryl/α,β-unsaturated/α-hetero) is 1. The smallest absolute Gasteiger partial charge is 0.308 e. The Bertz CT molecular complexity index is 423. The molecule has 0 aliphatic carbocycles. The van der Waals surface area contributed by atoms with Crippen LogP contribution in [0, 0.1) is 0 Å². The molecule has 1 heterocycles. The van der Waals surface area contributed by atoms with Crippen molar-refractivity contribution in [3.63, 3.8) is 0 Å². The molecule has 1 aromatic rings. The molecule has 0 N–H and O–H groups in total. The molecule has 2 rings (SSSR count). The average Bonchev–Trinajstić information content (AvgIpc) is 2.19. The molecule has 1 aliphatic rings. The fourth-order valence-electron chi connectivity index (χ4n) is 1.50. The Morgan fingerprint density at radius 2 is 2.27 bits per heavy atom. The first kappa shape index (κ1) is 9.71. The van der Waals surface area contributed by atoms with E-state index in [9.17, 15) is 9.59 Å². The van der Waals surface area contributed by atoms with Gasteiger partial charge in [0.1, 0.15) is 0 Å². The summed E-state index contributed by atoms with van der Waals surface area (Å²) in [6.07, 6.45) is 0.372. The molecule has 0 saturated carbocycles. The van der Waals surface area contributed by atoms with Gasteiger partial charge in [-0.05, 0) is 12.1 Å². The lowest BCUT2D eigenvalue weighted by atomic mass is 10.0. The van der Waals surface area contributed by atoms with Crippen LogP contribution in [0.4, 0.5) is 0 Å². The van der Waals surface area contributed by atoms with Gasteiger partial charge >= 0.3 is 5.97 Å². The maximum absolute atomic E-state index is 11.5. The molecule has 0 fully saturated rings. The second-order valence-electron chi connectivity index (χ2n) is 3.25. The predicted octanol–water partition coefficient (Wildman–Crippen LogP) is 1.58. The number of para-hydroxylation sites is 1. The van der Waals surface area contributed by atoms with Crippen LogP contribution in [0.15, 0.2) is 18.2 Å². The third kappa shape index (κ3) is 1.83. The first-order valence-corrected chi connectivity index (χ1v) is 4.66. The molecule has 1 aromatic carbocycles. The lowest BCUT2D eigenvalue weighted by molar-refractivity contribution is -0.132. The maximum Gasteiger partial charge on any atom is 0.308 e. The normalized spacial score (nSPS) is 14.1. The Hall–Kier alpha value is -1.84. The van der Waals surface area contributed by atoms with Crippen LogP contribution < -0.4 is 9.47 Å². The molecule has 0 bridgehead atoms. The highest BCUT2D eigenvalue weighted by Crippen LogP contribution is 2.34. The van der Waals surface area contributed by atoms with Crippen molar-refractivity contribution < 1.29 is 19.1 Å². The average molecular weight is 206 g/mol. The first-order valence-electron chi connectivity index (χ1n) is 4.66. The zero-order valence-corrected chi connectivity index (χ0v) is 8.28. The molecule has 0 amide bonds. The van der Waals surface area contributed by atoms with Gasteiger partial charge in [-0.3, -0.25) is 9.59 Å². The fourth-order valence-corrected chi connectivity index (χ4v) is 1.50. The van der Waals surface area contributed by atoms with Crippen molar-refractivity contribution in [3.8, 4) is 11.5 Å². The highest BCUT2D eigenvalue weighted by atomic mass is 16.6. The molecule has 0 aromatic heterocycles. The summed E-state index contributed by atoms with van der Waals surface area (Å²) in [4.78, 5) is 22.3. The number of carbonyl (C=O) groups is 2. The van der Waals surface area contributed by atoms with Crippen LogP contribution in [0.25, 0.3) is 0 Å². The van der Waals surface area contributed by atoms with E-state index in [2.05, 4.69) is 0 Å². The zero-order valence-electron chi connectivity index (χ0n) is 8.28. The van der Waals surface area contributed by atoms with Crippen LogP contribution in [0.1, 0.15) is 23.7 Å². The van der Waals surface area contributed by atoms with Crippen LogP contribution in [-0.4, -0.2) is 18.4 Å². The van der Waals surface area contributed by atoms with E-state index in [1.165, 1.54) is 6.92 Å². The molecule has 0 radical (unpaired) electrons. The Labute approximate surface area is 86.8 Å². The van der Waals surface area contributed by atoms with Crippen molar-refractivity contribution in [2.24, 2.45) is 0 Å². The molecule has 0 atom stereocenters. The van der Waals surface area contributed by atoms with E-state index >= 15 is 0 Å². The summed E-state index contributed by atoms with van der Waals surface area (Å²) in [7, 11) is 0. The summed E-state index contributed by atoms with van der Waals surface area (Å²) in [6, 6.07) is 4.95. The molecule has 4 nitrogen and oxygen atoms in total. The number of ether oxygens (including phenoxy) is 2. The molecule has 0 unspecified atom stereocenters. The van der Waals surface area contributed by atoms with Crippen molar-refractivity contribution in [3.05, 3.63) is 23.8 Å². The van der Waals surface area contributed by atoms with Gasteiger partial charge in [0.2, 0.25) is 0 Å². The highest BCUT2D eigenvalue weighted by molar-refractivity contribution is 6.00. The van der Waals surface area contributed by atoms with Crippen LogP contribution >= 0.6 is 0 Å². The van der Waals surface area contributed by atoms with Crippen molar-refractivity contribution in [1.82, 2.24) is 0 Å². The first-order chi connectivity index (χ1) is 7.18. The van der Waals surface area contributed by atoms with Gasteiger partial charge < -0.3 is 9.47 Å². The Kier molecular flexibility index (Phi) is 2.41. The molecule has 78 valence electrons. The minimum atomic E-state index is -0.426. The lowest BCUT2D eigenvalue weighted by Crippen LogP contribution is -2.16. The predicted molar refractivity (Wildman–Crippen MR) is 52.2 cm³/mol. The zero-order chi connectivity index (χ0) is 10.8. The Morgan fingerprint density at radius 3 is 3.00 bits per heavy atom. The topological polar surface area (TPSA) is 52.6 Å². The van der Waals surface area contributed by atoms with Gasteiger partial charge in [-0.25, -0.2) is 0 Å². The molecule has 1 aliphatic heterocycles. The number of hydrogen-bond donors (Lipinski definition) is 0. The minimum absolute atomic E-state index is 0.0188. The van der Waals surface area contributed by atoms with Crippen LogP contribution in [-0.2, 0) is 4.79 Å². The van der Waals surface area contributed by atoms with Gasteiger partial charge in [-0.1, -0.05) is 6.07 Å². The van der Waals surface area contributed by atoms with Crippen molar-refractivity contribution in [1.29, 1.82) is 0 Å². The van der Waals surface area contributed by atoms with Gasteiger partial charge in [0.05, 0.1) is 12.2 Å². The summed E-state index contributed by atoms with van der Waals surface area (Å²) >= 11 is 0.